The summed E-state index contributed by atoms with van der Waals surface area (Å²) in [6, 6.07) is 19.0. The molecule has 10 heteroatoms. The summed E-state index contributed by atoms with van der Waals surface area (Å²) in [5.41, 5.74) is 3.76. The summed E-state index contributed by atoms with van der Waals surface area (Å²) in [6.45, 7) is 1.73. The average molecular weight is 488 g/mol. The van der Waals surface area contributed by atoms with Crippen LogP contribution in [0.1, 0.15) is 13.3 Å². The van der Waals surface area contributed by atoms with E-state index in [2.05, 4.69) is 20.5 Å². The van der Waals surface area contributed by atoms with E-state index in [1.54, 1.807) is 61.0 Å². The first-order valence-electron chi connectivity index (χ1n) is 10.7. The first-order chi connectivity index (χ1) is 17.0. The molecule has 0 bridgehead atoms. The number of amides is 1. The Balaban J connectivity index is 1.52. The molecule has 1 amide bonds. The van der Waals surface area contributed by atoms with Crippen molar-refractivity contribution in [3.05, 3.63) is 88.4 Å². The number of nitrogens with zero attached hydrogens (tertiary/aromatic N) is 4. The second kappa shape index (κ2) is 10.8. The predicted molar refractivity (Wildman–Crippen MR) is 135 cm³/mol. The molecule has 3 aromatic carbocycles. The van der Waals surface area contributed by atoms with E-state index in [1.807, 2.05) is 18.2 Å². The molecule has 0 radical (unpaired) electrons. The van der Waals surface area contributed by atoms with Crippen LogP contribution < -0.4 is 5.32 Å². The van der Waals surface area contributed by atoms with Crippen molar-refractivity contribution < 1.29 is 14.8 Å². The van der Waals surface area contributed by atoms with Crippen LogP contribution >= 0.6 is 11.3 Å². The first kappa shape index (κ1) is 23.9. The van der Waals surface area contributed by atoms with Crippen LogP contribution in [0.15, 0.2) is 88.5 Å². The van der Waals surface area contributed by atoms with Gasteiger partial charge in [-0.3, -0.25) is 14.9 Å². The summed E-state index contributed by atoms with van der Waals surface area (Å²) in [4.78, 5) is 27.3. The lowest BCUT2D eigenvalue weighted by Gasteiger charge is -2.09. The third kappa shape index (κ3) is 5.62. The summed E-state index contributed by atoms with van der Waals surface area (Å²) in [5, 5.41) is 34.6. The molecule has 1 heterocycles. The van der Waals surface area contributed by atoms with Gasteiger partial charge >= 0.3 is 0 Å². The van der Waals surface area contributed by atoms with Gasteiger partial charge in [0.1, 0.15) is 11.1 Å². The van der Waals surface area contributed by atoms with Crippen LogP contribution in [-0.2, 0) is 4.79 Å². The minimum atomic E-state index is -1.04. The van der Waals surface area contributed by atoms with Gasteiger partial charge in [-0.2, -0.15) is 10.2 Å². The Morgan fingerprint density at radius 1 is 1.09 bits per heavy atom. The molecule has 1 aromatic heterocycles. The van der Waals surface area contributed by atoms with Gasteiger partial charge in [-0.05, 0) is 53.9 Å². The number of thiazole rings is 1. The third-order valence-electron chi connectivity index (χ3n) is 5.17. The van der Waals surface area contributed by atoms with Gasteiger partial charge in [-0.15, -0.1) is 11.3 Å². The van der Waals surface area contributed by atoms with Gasteiger partial charge < -0.3 is 10.4 Å². The van der Waals surface area contributed by atoms with Gasteiger partial charge in [-0.25, -0.2) is 4.98 Å². The van der Waals surface area contributed by atoms with Gasteiger partial charge in [0.15, 0.2) is 0 Å². The van der Waals surface area contributed by atoms with Gasteiger partial charge in [0.05, 0.1) is 21.9 Å². The largest absolute Gasteiger partial charge is 0.383 e. The van der Waals surface area contributed by atoms with Gasteiger partial charge in [0.2, 0.25) is 0 Å². The van der Waals surface area contributed by atoms with E-state index in [0.717, 1.165) is 5.56 Å². The number of benzene rings is 3. The second-order valence-electron chi connectivity index (χ2n) is 7.50. The molecular formula is C25H21N5O4S. The Kier molecular flexibility index (Phi) is 7.34. The molecule has 2 N–H and O–H groups in total. The molecule has 0 saturated carbocycles. The topological polar surface area (TPSA) is 130 Å². The maximum absolute atomic E-state index is 11.8. The Morgan fingerprint density at radius 2 is 1.74 bits per heavy atom. The normalized spacial score (nSPS) is 11.9. The number of carbonyl (C=O) groups excluding carboxylic acids is 1. The van der Waals surface area contributed by atoms with Crippen LogP contribution in [0.2, 0.25) is 0 Å². The van der Waals surface area contributed by atoms with Crippen molar-refractivity contribution in [1.29, 1.82) is 0 Å². The highest BCUT2D eigenvalue weighted by molar-refractivity contribution is 7.13. The lowest BCUT2D eigenvalue weighted by molar-refractivity contribution is -0.384. The second-order valence-corrected chi connectivity index (χ2v) is 8.40. The maximum Gasteiger partial charge on any atom is 0.280 e. The zero-order valence-electron chi connectivity index (χ0n) is 18.7. The van der Waals surface area contributed by atoms with Crippen LogP contribution in [0.5, 0.6) is 0 Å². The lowest BCUT2D eigenvalue weighted by Crippen LogP contribution is -2.26. The summed E-state index contributed by atoms with van der Waals surface area (Å²) in [5.74, 6) is -0.455. The average Bonchev–Trinajstić information content (AvgIpc) is 3.42. The van der Waals surface area contributed by atoms with Crippen molar-refractivity contribution in [3.63, 3.8) is 0 Å². The number of azo groups is 1. The molecule has 0 saturated heterocycles. The summed E-state index contributed by atoms with van der Waals surface area (Å²) in [6.07, 6.45) is 0.917. The Labute approximate surface area is 205 Å². The summed E-state index contributed by atoms with van der Waals surface area (Å²) >= 11 is 1.35. The van der Waals surface area contributed by atoms with Crippen molar-refractivity contribution in [2.45, 2.75) is 19.4 Å². The van der Waals surface area contributed by atoms with E-state index >= 15 is 0 Å². The molecule has 0 aliphatic carbocycles. The van der Waals surface area contributed by atoms with E-state index in [-0.39, 0.29) is 5.69 Å². The highest BCUT2D eigenvalue weighted by Crippen LogP contribution is 2.40. The quantitative estimate of drug-likeness (QED) is 0.166. The van der Waals surface area contributed by atoms with E-state index < -0.39 is 16.9 Å². The molecule has 176 valence electrons. The van der Waals surface area contributed by atoms with E-state index in [9.17, 15) is 20.0 Å². The van der Waals surface area contributed by atoms with E-state index in [4.69, 9.17) is 0 Å². The van der Waals surface area contributed by atoms with Gasteiger partial charge in [-0.1, -0.05) is 31.2 Å². The number of nitro benzene ring substituents is 1. The number of rotatable bonds is 8. The van der Waals surface area contributed by atoms with Crippen LogP contribution in [-0.4, -0.2) is 27.0 Å². The minimum Gasteiger partial charge on any atom is -0.383 e. The van der Waals surface area contributed by atoms with Crippen molar-refractivity contribution in [2.24, 2.45) is 10.2 Å². The SMILES string of the molecule is CCC(O)C(=O)Nc1ccc(/N=N/c2ccc(-c3cccc([N+](=O)[O-])c3-c3nccs3)cc2)cc1. The summed E-state index contributed by atoms with van der Waals surface area (Å²) in [7, 11) is 0. The molecular weight excluding hydrogens is 466 g/mol. The smallest absolute Gasteiger partial charge is 0.280 e. The fraction of sp³-hybridized carbons (Fsp3) is 0.120. The molecule has 4 aromatic rings. The highest BCUT2D eigenvalue weighted by Gasteiger charge is 2.21. The van der Waals surface area contributed by atoms with Gasteiger partial charge in [0.25, 0.3) is 11.6 Å². The number of carbonyl (C=O) groups is 1. The third-order valence-corrected chi connectivity index (χ3v) is 5.96. The fourth-order valence-corrected chi connectivity index (χ4v) is 4.05. The number of aromatic nitrogens is 1. The zero-order valence-corrected chi connectivity index (χ0v) is 19.5. The summed E-state index contributed by atoms with van der Waals surface area (Å²) < 4.78 is 0. The first-order valence-corrected chi connectivity index (χ1v) is 11.6. The molecule has 4 rings (SSSR count). The molecule has 1 atom stereocenters. The van der Waals surface area contributed by atoms with Crippen LogP contribution in [0.3, 0.4) is 0 Å². The Bertz CT molecular complexity index is 1350. The molecule has 0 aliphatic rings. The molecule has 0 fully saturated rings. The Morgan fingerprint density at radius 3 is 2.31 bits per heavy atom. The predicted octanol–water partition coefficient (Wildman–Crippen LogP) is 6.51. The maximum atomic E-state index is 11.8. The van der Waals surface area contributed by atoms with Crippen molar-refractivity contribution in [2.75, 3.05) is 5.32 Å². The van der Waals surface area contributed by atoms with E-state index in [0.29, 0.717) is 39.6 Å². The van der Waals surface area contributed by atoms with Crippen molar-refractivity contribution in [3.8, 4) is 21.7 Å². The monoisotopic (exact) mass is 487 g/mol. The Hall–Kier alpha value is -4.28. The highest BCUT2D eigenvalue weighted by atomic mass is 32.1. The number of anilines is 1. The molecule has 0 spiro atoms. The van der Waals surface area contributed by atoms with Gasteiger partial charge in [0, 0.05) is 23.3 Å². The van der Waals surface area contributed by atoms with Crippen LogP contribution in [0, 0.1) is 10.1 Å². The molecule has 0 aliphatic heterocycles. The zero-order chi connectivity index (χ0) is 24.8. The van der Waals surface area contributed by atoms with Crippen molar-refractivity contribution >= 4 is 40.0 Å². The standard InChI is InChI=1S/C25H21N5O4S/c1-2-22(31)24(32)27-17-10-12-19(13-11-17)29-28-18-8-6-16(7-9-18)20-4-3-5-21(30(33)34)23(20)25-26-14-15-35-25/h3-15,22,31H,2H2,1H3,(H,27,32)/b29-28+. The van der Waals surface area contributed by atoms with Crippen LogP contribution in [0.25, 0.3) is 21.7 Å². The molecule has 9 nitrogen and oxygen atoms in total. The number of hydrogen-bond donors (Lipinski definition) is 2. The minimum absolute atomic E-state index is 0.00468. The molecule has 1 unspecified atom stereocenters. The lowest BCUT2D eigenvalue weighted by atomic mass is 9.98. The van der Waals surface area contributed by atoms with E-state index in [1.165, 1.54) is 17.4 Å². The number of hydrogen-bond acceptors (Lipinski definition) is 8. The number of nitrogens with one attached hydrogen (secondary N) is 1. The number of nitro groups is 1. The number of aliphatic hydroxyl groups is 1. The molecule has 35 heavy (non-hydrogen) atoms. The van der Waals surface area contributed by atoms with Crippen LogP contribution in [0.4, 0.5) is 22.7 Å². The van der Waals surface area contributed by atoms with Crippen molar-refractivity contribution in [1.82, 2.24) is 4.98 Å². The number of aliphatic hydroxyl groups excluding tert-OH is 1. The fourth-order valence-electron chi connectivity index (χ4n) is 3.35.